The maximum absolute atomic E-state index is 13.1. The first-order valence-corrected chi connectivity index (χ1v) is 11.9. The Labute approximate surface area is 212 Å². The highest BCUT2D eigenvalue weighted by Gasteiger charge is 2.42. The fourth-order valence-electron chi connectivity index (χ4n) is 3.07. The number of rotatable bonds is 4. The zero-order valence-corrected chi connectivity index (χ0v) is 21.8. The molecule has 3 aromatic rings. The monoisotopic (exact) mass is 541 g/mol. The Morgan fingerprint density at radius 1 is 0.848 bits per heavy atom. The van der Waals surface area contributed by atoms with Gasteiger partial charge in [-0.3, -0.25) is 9.59 Å². The van der Waals surface area contributed by atoms with Crippen molar-refractivity contribution in [1.29, 1.82) is 0 Å². The van der Waals surface area contributed by atoms with E-state index < -0.39 is 4.58 Å². The SMILES string of the molecule is Br.Cc1ccc(N=C(Nc2ccc(C)cc2)SC2SC(=O)N(c3ccc(C)cc3)C2=O)cc1. The average Bonchev–Trinajstić information content (AvgIpc) is 3.05. The molecule has 0 saturated carbocycles. The van der Waals surface area contributed by atoms with Gasteiger partial charge < -0.3 is 5.32 Å². The number of imide groups is 1. The van der Waals surface area contributed by atoms with Crippen molar-refractivity contribution in [3.05, 3.63) is 89.5 Å². The summed E-state index contributed by atoms with van der Waals surface area (Å²) in [5.74, 6) is -0.254. The molecule has 0 bridgehead atoms. The molecule has 1 aliphatic heterocycles. The number of nitrogens with one attached hydrogen (secondary N) is 1. The normalized spacial score (nSPS) is 16.0. The van der Waals surface area contributed by atoms with E-state index >= 15 is 0 Å². The maximum Gasteiger partial charge on any atom is 0.294 e. The third kappa shape index (κ3) is 6.28. The van der Waals surface area contributed by atoms with Gasteiger partial charge in [0, 0.05) is 5.69 Å². The first kappa shape index (κ1) is 25.1. The molecule has 1 heterocycles. The van der Waals surface area contributed by atoms with Crippen LogP contribution < -0.4 is 10.2 Å². The van der Waals surface area contributed by atoms with Crippen LogP contribution in [-0.2, 0) is 4.79 Å². The van der Waals surface area contributed by atoms with E-state index in [0.29, 0.717) is 10.9 Å². The van der Waals surface area contributed by atoms with Gasteiger partial charge in [0.2, 0.25) is 0 Å². The molecule has 3 aromatic carbocycles. The van der Waals surface area contributed by atoms with E-state index in [9.17, 15) is 9.59 Å². The van der Waals surface area contributed by atoms with E-state index in [4.69, 9.17) is 4.99 Å². The number of aliphatic imine (C=N–C) groups is 1. The van der Waals surface area contributed by atoms with E-state index in [0.717, 1.165) is 39.8 Å². The maximum atomic E-state index is 13.1. The van der Waals surface area contributed by atoms with Crippen LogP contribution in [0, 0.1) is 20.8 Å². The molecule has 0 aliphatic carbocycles. The second-order valence-corrected chi connectivity index (χ2v) is 10.0. The van der Waals surface area contributed by atoms with Crippen molar-refractivity contribution in [2.45, 2.75) is 25.4 Å². The zero-order chi connectivity index (χ0) is 22.7. The topological polar surface area (TPSA) is 61.8 Å². The second kappa shape index (κ2) is 11.0. The molecule has 33 heavy (non-hydrogen) atoms. The van der Waals surface area contributed by atoms with Crippen LogP contribution in [0.15, 0.2) is 77.8 Å². The molecule has 4 rings (SSSR count). The van der Waals surface area contributed by atoms with Crippen LogP contribution >= 0.6 is 40.5 Å². The number of hydrogen-bond acceptors (Lipinski definition) is 5. The molecule has 1 fully saturated rings. The number of carbonyl (C=O) groups excluding carboxylic acids is 2. The first-order valence-electron chi connectivity index (χ1n) is 10.2. The first-order chi connectivity index (χ1) is 15.4. The fraction of sp³-hybridized carbons (Fsp3) is 0.160. The summed E-state index contributed by atoms with van der Waals surface area (Å²) in [6.45, 7) is 6.02. The Kier molecular flexibility index (Phi) is 8.40. The van der Waals surface area contributed by atoms with Crippen LogP contribution in [0.1, 0.15) is 16.7 Å². The van der Waals surface area contributed by atoms with Crippen molar-refractivity contribution in [1.82, 2.24) is 0 Å². The van der Waals surface area contributed by atoms with Crippen LogP contribution in [0.4, 0.5) is 21.9 Å². The van der Waals surface area contributed by atoms with E-state index in [1.165, 1.54) is 16.7 Å². The molecule has 1 saturated heterocycles. The minimum atomic E-state index is -0.619. The van der Waals surface area contributed by atoms with E-state index in [2.05, 4.69) is 5.32 Å². The number of aryl methyl sites for hydroxylation is 3. The van der Waals surface area contributed by atoms with Crippen molar-refractivity contribution >= 4 is 73.9 Å². The standard InChI is InChI=1S/C25H23N3O2S2.BrH/c1-16-4-10-19(11-5-16)26-24(27-20-12-6-17(2)7-13-20)31-23-22(29)28(25(30)32-23)21-14-8-18(3)9-15-21;/h4-15,23H,1-3H3,(H,26,27);1H. The highest BCUT2D eigenvalue weighted by molar-refractivity contribution is 8.93. The molecular formula is C25H24BrN3O2S2. The minimum absolute atomic E-state index is 0. The fourth-order valence-corrected chi connectivity index (χ4v) is 5.22. The number of carbonyl (C=O) groups is 2. The van der Waals surface area contributed by atoms with Gasteiger partial charge in [-0.2, -0.15) is 0 Å². The van der Waals surface area contributed by atoms with E-state index in [1.807, 2.05) is 81.4 Å². The molecule has 1 atom stereocenters. The molecule has 0 aromatic heterocycles. The highest BCUT2D eigenvalue weighted by Crippen LogP contribution is 2.38. The van der Waals surface area contributed by atoms with E-state index in [-0.39, 0.29) is 28.1 Å². The lowest BCUT2D eigenvalue weighted by atomic mass is 10.2. The molecule has 0 radical (unpaired) electrons. The average molecular weight is 543 g/mol. The lowest BCUT2D eigenvalue weighted by molar-refractivity contribution is -0.115. The number of anilines is 2. The summed E-state index contributed by atoms with van der Waals surface area (Å²) in [5, 5.41) is 3.59. The van der Waals surface area contributed by atoms with Gasteiger partial charge >= 0.3 is 0 Å². The Balaban J connectivity index is 0.00000306. The number of nitrogens with zero attached hydrogens (tertiary/aromatic N) is 2. The summed E-state index contributed by atoms with van der Waals surface area (Å²) in [6.07, 6.45) is 0. The van der Waals surface area contributed by atoms with Gasteiger partial charge in [0.15, 0.2) is 5.17 Å². The Morgan fingerprint density at radius 3 is 1.94 bits per heavy atom. The molecule has 1 unspecified atom stereocenters. The Hall–Kier alpha value is -2.55. The van der Waals surface area contributed by atoms with Gasteiger partial charge in [0.25, 0.3) is 11.1 Å². The predicted molar refractivity (Wildman–Crippen MR) is 146 cm³/mol. The van der Waals surface area contributed by atoms with Crippen molar-refractivity contribution in [2.75, 3.05) is 10.2 Å². The summed E-state index contributed by atoms with van der Waals surface area (Å²) in [4.78, 5) is 31.7. The number of hydrogen-bond donors (Lipinski definition) is 1. The van der Waals surface area contributed by atoms with Crippen LogP contribution in [0.3, 0.4) is 0 Å². The Morgan fingerprint density at radius 2 is 1.36 bits per heavy atom. The van der Waals surface area contributed by atoms with Gasteiger partial charge in [-0.05, 0) is 68.9 Å². The van der Waals surface area contributed by atoms with Gasteiger partial charge in [0.05, 0.1) is 11.4 Å². The molecule has 170 valence electrons. The summed E-state index contributed by atoms with van der Waals surface area (Å²) < 4.78 is -0.619. The lowest BCUT2D eigenvalue weighted by Gasteiger charge is -2.15. The molecule has 1 aliphatic rings. The van der Waals surface area contributed by atoms with Crippen LogP contribution in [0.25, 0.3) is 0 Å². The van der Waals surface area contributed by atoms with Gasteiger partial charge in [-0.25, -0.2) is 9.89 Å². The van der Waals surface area contributed by atoms with Gasteiger partial charge in [-0.1, -0.05) is 64.9 Å². The van der Waals surface area contributed by atoms with Crippen molar-refractivity contribution in [3.8, 4) is 0 Å². The van der Waals surface area contributed by atoms with Crippen LogP contribution in [-0.4, -0.2) is 20.9 Å². The van der Waals surface area contributed by atoms with Crippen molar-refractivity contribution in [3.63, 3.8) is 0 Å². The second-order valence-electron chi connectivity index (χ2n) is 7.59. The van der Waals surface area contributed by atoms with Crippen molar-refractivity contribution in [2.24, 2.45) is 4.99 Å². The summed E-state index contributed by atoms with van der Waals surface area (Å²) in [7, 11) is 0. The predicted octanol–water partition coefficient (Wildman–Crippen LogP) is 7.25. The third-order valence-electron chi connectivity index (χ3n) is 4.89. The number of halogens is 1. The quantitative estimate of drug-likeness (QED) is 0.278. The van der Waals surface area contributed by atoms with Gasteiger partial charge in [-0.15, -0.1) is 17.0 Å². The summed E-state index contributed by atoms with van der Waals surface area (Å²) >= 11 is 2.27. The smallest absolute Gasteiger partial charge is 0.294 e. The Bertz CT molecular complexity index is 1160. The summed E-state index contributed by atoms with van der Waals surface area (Å²) in [6, 6.07) is 23.2. The molecule has 2 amide bonds. The number of thioether (sulfide) groups is 2. The number of amidine groups is 1. The third-order valence-corrected chi connectivity index (χ3v) is 7.10. The highest BCUT2D eigenvalue weighted by atomic mass is 79.9. The van der Waals surface area contributed by atoms with Crippen LogP contribution in [0.5, 0.6) is 0 Å². The zero-order valence-electron chi connectivity index (χ0n) is 18.4. The molecule has 5 nitrogen and oxygen atoms in total. The molecule has 8 heteroatoms. The van der Waals surface area contributed by atoms with E-state index in [1.54, 1.807) is 12.1 Å². The summed E-state index contributed by atoms with van der Waals surface area (Å²) in [5.41, 5.74) is 5.60. The lowest BCUT2D eigenvalue weighted by Crippen LogP contribution is -2.31. The number of benzene rings is 3. The minimum Gasteiger partial charge on any atom is -0.335 e. The van der Waals surface area contributed by atoms with Gasteiger partial charge in [0.1, 0.15) is 4.58 Å². The van der Waals surface area contributed by atoms with Crippen LogP contribution in [0.2, 0.25) is 0 Å². The molecular weight excluding hydrogens is 518 g/mol. The molecule has 0 spiro atoms. The largest absolute Gasteiger partial charge is 0.335 e. The van der Waals surface area contributed by atoms with Crippen molar-refractivity contribution < 1.29 is 9.59 Å². The molecule has 1 N–H and O–H groups in total. The number of amides is 2.